The molecule has 0 bridgehead atoms. The van der Waals surface area contributed by atoms with Gasteiger partial charge in [-0.3, -0.25) is 4.68 Å². The number of ether oxygens (including phenoxy) is 1. The summed E-state index contributed by atoms with van der Waals surface area (Å²) in [4.78, 5) is 0. The minimum Gasteiger partial charge on any atom is -0.389 e. The number of rotatable bonds is 6. The molecular formula is C14H18N2O2. The lowest BCUT2D eigenvalue weighted by Crippen LogP contribution is -2.22. The molecule has 0 aliphatic heterocycles. The zero-order valence-corrected chi connectivity index (χ0v) is 10.5. The normalized spacial score (nSPS) is 12.6. The van der Waals surface area contributed by atoms with Crippen LogP contribution in [0.1, 0.15) is 11.1 Å². The lowest BCUT2D eigenvalue weighted by molar-refractivity contribution is 0.0187. The summed E-state index contributed by atoms with van der Waals surface area (Å²) in [6.07, 6.45) is 3.14. The second kappa shape index (κ2) is 6.33. The van der Waals surface area contributed by atoms with Gasteiger partial charge in [-0.15, -0.1) is 0 Å². The van der Waals surface area contributed by atoms with Crippen molar-refractivity contribution in [1.82, 2.24) is 9.78 Å². The summed E-state index contributed by atoms with van der Waals surface area (Å²) in [5.41, 5.74) is 2.20. The topological polar surface area (TPSA) is 47.3 Å². The summed E-state index contributed by atoms with van der Waals surface area (Å²) in [7, 11) is 0. The fourth-order valence-electron chi connectivity index (χ4n) is 1.72. The third-order valence-electron chi connectivity index (χ3n) is 2.58. The van der Waals surface area contributed by atoms with Crippen LogP contribution in [0.4, 0.5) is 0 Å². The maximum Gasteiger partial charge on any atom is 0.0969 e. The van der Waals surface area contributed by atoms with Crippen LogP contribution in [-0.4, -0.2) is 27.6 Å². The third-order valence-corrected chi connectivity index (χ3v) is 2.58. The van der Waals surface area contributed by atoms with Crippen LogP contribution in [0, 0.1) is 6.92 Å². The standard InChI is InChI=1S/C14H18N2O2/c1-12-7-15-16(8-12)9-14(17)11-18-10-13-5-3-2-4-6-13/h2-8,14,17H,9-11H2,1H3. The van der Waals surface area contributed by atoms with Crippen molar-refractivity contribution >= 4 is 0 Å². The SMILES string of the molecule is Cc1cnn(CC(O)COCc2ccccc2)c1. The molecule has 2 rings (SSSR count). The van der Waals surface area contributed by atoms with Crippen molar-refractivity contribution in [3.05, 3.63) is 53.9 Å². The summed E-state index contributed by atoms with van der Waals surface area (Å²) in [6.45, 7) is 3.27. The second-order valence-electron chi connectivity index (χ2n) is 4.39. The smallest absolute Gasteiger partial charge is 0.0969 e. The van der Waals surface area contributed by atoms with Crippen LogP contribution in [0.25, 0.3) is 0 Å². The van der Waals surface area contributed by atoms with Gasteiger partial charge in [-0.05, 0) is 18.1 Å². The van der Waals surface area contributed by atoms with Crippen molar-refractivity contribution in [2.75, 3.05) is 6.61 Å². The highest BCUT2D eigenvalue weighted by molar-refractivity contribution is 5.13. The van der Waals surface area contributed by atoms with Crippen molar-refractivity contribution in [2.45, 2.75) is 26.2 Å². The monoisotopic (exact) mass is 246 g/mol. The molecule has 0 amide bonds. The molecule has 1 unspecified atom stereocenters. The fraction of sp³-hybridized carbons (Fsp3) is 0.357. The molecule has 1 aromatic carbocycles. The first-order chi connectivity index (χ1) is 8.74. The van der Waals surface area contributed by atoms with E-state index >= 15 is 0 Å². The Labute approximate surface area is 107 Å². The van der Waals surface area contributed by atoms with Crippen molar-refractivity contribution in [1.29, 1.82) is 0 Å². The largest absolute Gasteiger partial charge is 0.389 e. The zero-order valence-electron chi connectivity index (χ0n) is 10.5. The van der Waals surface area contributed by atoms with Gasteiger partial charge in [0, 0.05) is 6.20 Å². The zero-order chi connectivity index (χ0) is 12.8. The van der Waals surface area contributed by atoms with Crippen LogP contribution < -0.4 is 0 Å². The minimum absolute atomic E-state index is 0.313. The minimum atomic E-state index is -0.534. The number of aromatic nitrogens is 2. The van der Waals surface area contributed by atoms with E-state index in [4.69, 9.17) is 4.74 Å². The summed E-state index contributed by atoms with van der Waals surface area (Å²) < 4.78 is 7.20. The van der Waals surface area contributed by atoms with Crippen LogP contribution in [-0.2, 0) is 17.9 Å². The Kier molecular flexibility index (Phi) is 4.50. The Morgan fingerprint density at radius 3 is 2.78 bits per heavy atom. The number of aliphatic hydroxyl groups is 1. The molecule has 1 heterocycles. The van der Waals surface area contributed by atoms with Crippen LogP contribution >= 0.6 is 0 Å². The van der Waals surface area contributed by atoms with Crippen LogP contribution in [0.3, 0.4) is 0 Å². The average molecular weight is 246 g/mol. The van der Waals surface area contributed by atoms with Gasteiger partial charge < -0.3 is 9.84 Å². The van der Waals surface area contributed by atoms with E-state index in [1.807, 2.05) is 43.5 Å². The summed E-state index contributed by atoms with van der Waals surface area (Å²) in [5, 5.41) is 13.9. The summed E-state index contributed by atoms with van der Waals surface area (Å²) in [5.74, 6) is 0. The maximum absolute atomic E-state index is 9.80. The number of aliphatic hydroxyl groups excluding tert-OH is 1. The molecule has 4 heteroatoms. The van der Waals surface area contributed by atoms with Gasteiger partial charge in [0.05, 0.1) is 32.1 Å². The van der Waals surface area contributed by atoms with Crippen molar-refractivity contribution in [3.8, 4) is 0 Å². The van der Waals surface area contributed by atoms with Crippen molar-refractivity contribution in [2.24, 2.45) is 0 Å². The molecule has 0 fully saturated rings. The predicted molar refractivity (Wildman–Crippen MR) is 69.1 cm³/mol. The molecule has 1 aromatic heterocycles. The number of hydrogen-bond donors (Lipinski definition) is 1. The Hall–Kier alpha value is -1.65. The second-order valence-corrected chi connectivity index (χ2v) is 4.39. The molecule has 1 N–H and O–H groups in total. The fourth-order valence-corrected chi connectivity index (χ4v) is 1.72. The first-order valence-corrected chi connectivity index (χ1v) is 6.03. The summed E-state index contributed by atoms with van der Waals surface area (Å²) in [6, 6.07) is 9.92. The molecular weight excluding hydrogens is 228 g/mol. The molecule has 0 saturated carbocycles. The highest BCUT2D eigenvalue weighted by Gasteiger charge is 2.06. The van der Waals surface area contributed by atoms with Crippen LogP contribution in [0.2, 0.25) is 0 Å². The molecule has 2 aromatic rings. The van der Waals surface area contributed by atoms with E-state index in [0.29, 0.717) is 19.8 Å². The summed E-state index contributed by atoms with van der Waals surface area (Å²) >= 11 is 0. The van der Waals surface area contributed by atoms with Gasteiger partial charge in [-0.2, -0.15) is 5.10 Å². The highest BCUT2D eigenvalue weighted by atomic mass is 16.5. The molecule has 0 aliphatic rings. The van der Waals surface area contributed by atoms with Gasteiger partial charge in [-0.25, -0.2) is 0 Å². The molecule has 0 aliphatic carbocycles. The molecule has 1 atom stereocenters. The average Bonchev–Trinajstić information content (AvgIpc) is 2.76. The van der Waals surface area contributed by atoms with Gasteiger partial charge in [-0.1, -0.05) is 30.3 Å². The van der Waals surface area contributed by atoms with Gasteiger partial charge in [0.25, 0.3) is 0 Å². The van der Waals surface area contributed by atoms with Crippen molar-refractivity contribution in [3.63, 3.8) is 0 Å². The molecule has 18 heavy (non-hydrogen) atoms. The molecule has 0 spiro atoms. The van der Waals surface area contributed by atoms with E-state index < -0.39 is 6.10 Å². The van der Waals surface area contributed by atoms with E-state index in [1.165, 1.54) is 0 Å². The first kappa shape index (κ1) is 12.8. The predicted octanol–water partition coefficient (Wildman–Crippen LogP) is 1.77. The number of aryl methyl sites for hydroxylation is 1. The molecule has 4 nitrogen and oxygen atoms in total. The van der Waals surface area contributed by atoms with Gasteiger partial charge >= 0.3 is 0 Å². The molecule has 0 saturated heterocycles. The van der Waals surface area contributed by atoms with E-state index in [-0.39, 0.29) is 0 Å². The molecule has 96 valence electrons. The Morgan fingerprint density at radius 1 is 1.33 bits per heavy atom. The number of nitrogens with zero attached hydrogens (tertiary/aromatic N) is 2. The Balaban J connectivity index is 1.70. The van der Waals surface area contributed by atoms with E-state index in [1.54, 1.807) is 10.9 Å². The third kappa shape index (κ3) is 3.98. The van der Waals surface area contributed by atoms with Crippen molar-refractivity contribution < 1.29 is 9.84 Å². The lowest BCUT2D eigenvalue weighted by atomic mass is 10.2. The maximum atomic E-state index is 9.80. The Morgan fingerprint density at radius 2 is 2.11 bits per heavy atom. The van der Waals surface area contributed by atoms with E-state index in [0.717, 1.165) is 11.1 Å². The number of hydrogen-bond acceptors (Lipinski definition) is 3. The lowest BCUT2D eigenvalue weighted by Gasteiger charge is -2.11. The van der Waals surface area contributed by atoms with Gasteiger partial charge in [0.2, 0.25) is 0 Å². The quantitative estimate of drug-likeness (QED) is 0.845. The number of benzene rings is 1. The highest BCUT2D eigenvalue weighted by Crippen LogP contribution is 2.02. The van der Waals surface area contributed by atoms with Crippen LogP contribution in [0.5, 0.6) is 0 Å². The van der Waals surface area contributed by atoms with E-state index in [2.05, 4.69) is 5.10 Å². The molecule has 0 radical (unpaired) electrons. The van der Waals surface area contributed by atoms with Gasteiger partial charge in [0.1, 0.15) is 0 Å². The Bertz CT molecular complexity index is 468. The van der Waals surface area contributed by atoms with Crippen LogP contribution in [0.15, 0.2) is 42.7 Å². The first-order valence-electron chi connectivity index (χ1n) is 6.03. The van der Waals surface area contributed by atoms with Gasteiger partial charge in [0.15, 0.2) is 0 Å². The van der Waals surface area contributed by atoms with E-state index in [9.17, 15) is 5.11 Å².